The van der Waals surface area contributed by atoms with E-state index in [1.807, 2.05) is 0 Å². The van der Waals surface area contributed by atoms with Gasteiger partial charge in [-0.15, -0.1) is 0 Å². The predicted octanol–water partition coefficient (Wildman–Crippen LogP) is 2.04. The quantitative estimate of drug-likeness (QED) is 0.865. The molecule has 2 rings (SSSR count). The second kappa shape index (κ2) is 5.27. The molecular weight excluding hydrogens is 275 g/mol. The van der Waals surface area contributed by atoms with Crippen LogP contribution in [0, 0.1) is 5.82 Å². The molecule has 100 valence electrons. The summed E-state index contributed by atoms with van der Waals surface area (Å²) in [6.45, 7) is 0. The van der Waals surface area contributed by atoms with Crippen molar-refractivity contribution in [3.8, 4) is 17.2 Å². The van der Waals surface area contributed by atoms with Gasteiger partial charge in [0.2, 0.25) is 5.75 Å². The maximum Gasteiger partial charge on any atom is 0.317 e. The zero-order valence-electron chi connectivity index (χ0n) is 10.2. The third-order valence-electron chi connectivity index (χ3n) is 2.47. The van der Waals surface area contributed by atoms with Gasteiger partial charge in [-0.1, -0.05) is 11.6 Å². The maximum absolute atomic E-state index is 13.1. The van der Waals surface area contributed by atoms with Crippen LogP contribution in [0.2, 0.25) is 5.02 Å². The standard InChI is InChI=1S/C12H10ClFN2O3/c1-18-10-6-15-16(12(17)11(10)19-2)7-3-4-9(14)8(13)5-7/h3-6H,1-2H3. The zero-order chi connectivity index (χ0) is 14.0. The SMILES string of the molecule is COc1cnn(-c2ccc(F)c(Cl)c2)c(=O)c1OC. The number of nitrogens with zero attached hydrogens (tertiary/aromatic N) is 2. The largest absolute Gasteiger partial charge is 0.491 e. The zero-order valence-corrected chi connectivity index (χ0v) is 10.9. The lowest BCUT2D eigenvalue weighted by atomic mass is 10.3. The molecule has 0 fully saturated rings. The number of halogens is 2. The van der Waals surface area contributed by atoms with Gasteiger partial charge in [0.05, 0.1) is 31.1 Å². The van der Waals surface area contributed by atoms with Gasteiger partial charge in [-0.25, -0.2) is 4.39 Å². The number of benzene rings is 1. The summed E-state index contributed by atoms with van der Waals surface area (Å²) in [5.74, 6) is -0.339. The average Bonchev–Trinajstić information content (AvgIpc) is 2.41. The highest BCUT2D eigenvalue weighted by molar-refractivity contribution is 6.30. The van der Waals surface area contributed by atoms with Crippen molar-refractivity contribution in [2.75, 3.05) is 14.2 Å². The predicted molar refractivity (Wildman–Crippen MR) is 67.9 cm³/mol. The monoisotopic (exact) mass is 284 g/mol. The van der Waals surface area contributed by atoms with Crippen LogP contribution in [0.15, 0.2) is 29.2 Å². The Kier molecular flexibility index (Phi) is 3.71. The molecule has 0 amide bonds. The van der Waals surface area contributed by atoms with E-state index in [0.717, 1.165) is 10.7 Å². The molecule has 0 aliphatic rings. The lowest BCUT2D eigenvalue weighted by molar-refractivity contribution is 0.344. The molecule has 0 spiro atoms. The van der Waals surface area contributed by atoms with E-state index in [-0.39, 0.29) is 16.5 Å². The Hall–Kier alpha value is -2.08. The van der Waals surface area contributed by atoms with Gasteiger partial charge in [0.25, 0.3) is 0 Å². The Morgan fingerprint density at radius 3 is 2.63 bits per heavy atom. The third-order valence-corrected chi connectivity index (χ3v) is 2.76. The van der Waals surface area contributed by atoms with Crippen LogP contribution in [0.5, 0.6) is 11.5 Å². The van der Waals surface area contributed by atoms with Gasteiger partial charge >= 0.3 is 5.56 Å². The van der Waals surface area contributed by atoms with Gasteiger partial charge in [-0.2, -0.15) is 9.78 Å². The minimum absolute atomic E-state index is 0.0120. The first kappa shape index (κ1) is 13.4. The molecule has 0 atom stereocenters. The summed E-state index contributed by atoms with van der Waals surface area (Å²) in [4.78, 5) is 12.1. The fourth-order valence-electron chi connectivity index (χ4n) is 1.56. The first-order chi connectivity index (χ1) is 9.08. The molecule has 0 N–H and O–H groups in total. The van der Waals surface area contributed by atoms with Crippen LogP contribution in [-0.4, -0.2) is 24.0 Å². The van der Waals surface area contributed by atoms with E-state index in [9.17, 15) is 9.18 Å². The molecule has 0 saturated carbocycles. The van der Waals surface area contributed by atoms with E-state index in [1.54, 1.807) is 0 Å². The lowest BCUT2D eigenvalue weighted by Crippen LogP contribution is -2.22. The highest BCUT2D eigenvalue weighted by Crippen LogP contribution is 2.22. The Morgan fingerprint density at radius 1 is 1.32 bits per heavy atom. The third kappa shape index (κ3) is 2.39. The van der Waals surface area contributed by atoms with Crippen molar-refractivity contribution in [1.82, 2.24) is 9.78 Å². The van der Waals surface area contributed by atoms with Crippen LogP contribution >= 0.6 is 11.6 Å². The Morgan fingerprint density at radius 2 is 2.05 bits per heavy atom. The second-order valence-electron chi connectivity index (χ2n) is 3.56. The Balaban J connectivity index is 2.63. The molecule has 2 aromatic rings. The summed E-state index contributed by atoms with van der Waals surface area (Å²) in [6.07, 6.45) is 1.33. The van der Waals surface area contributed by atoms with Gasteiger partial charge in [0, 0.05) is 0 Å². The van der Waals surface area contributed by atoms with Crippen molar-refractivity contribution in [3.05, 3.63) is 45.6 Å². The number of hydrogen-bond donors (Lipinski definition) is 0. The van der Waals surface area contributed by atoms with Crippen molar-refractivity contribution in [2.24, 2.45) is 0 Å². The molecule has 0 aliphatic carbocycles. The van der Waals surface area contributed by atoms with Crippen LogP contribution in [0.3, 0.4) is 0 Å². The highest BCUT2D eigenvalue weighted by atomic mass is 35.5. The van der Waals surface area contributed by atoms with E-state index >= 15 is 0 Å². The molecule has 0 bridgehead atoms. The normalized spacial score (nSPS) is 10.3. The minimum atomic E-state index is -0.570. The molecule has 0 aliphatic heterocycles. The molecule has 19 heavy (non-hydrogen) atoms. The summed E-state index contributed by atoms with van der Waals surface area (Å²) >= 11 is 5.67. The molecule has 1 aromatic carbocycles. The van der Waals surface area contributed by atoms with Crippen LogP contribution in [-0.2, 0) is 0 Å². The van der Waals surface area contributed by atoms with E-state index in [4.69, 9.17) is 21.1 Å². The number of ether oxygens (including phenoxy) is 2. The summed E-state index contributed by atoms with van der Waals surface area (Å²) in [7, 11) is 2.75. The molecule has 1 aromatic heterocycles. The van der Waals surface area contributed by atoms with Crippen LogP contribution < -0.4 is 15.0 Å². The first-order valence-corrected chi connectivity index (χ1v) is 5.62. The van der Waals surface area contributed by atoms with E-state index in [1.165, 1.54) is 32.5 Å². The molecule has 5 nitrogen and oxygen atoms in total. The average molecular weight is 285 g/mol. The van der Waals surface area contributed by atoms with Gasteiger partial charge in [0.15, 0.2) is 5.75 Å². The van der Waals surface area contributed by atoms with Crippen molar-refractivity contribution in [1.29, 1.82) is 0 Å². The number of aromatic nitrogens is 2. The van der Waals surface area contributed by atoms with E-state index in [2.05, 4.69) is 5.10 Å². The fraction of sp³-hybridized carbons (Fsp3) is 0.167. The van der Waals surface area contributed by atoms with Crippen molar-refractivity contribution in [3.63, 3.8) is 0 Å². The summed E-state index contributed by atoms with van der Waals surface area (Å²) in [5.41, 5.74) is -0.193. The Labute approximate surface area is 113 Å². The molecule has 0 unspecified atom stereocenters. The van der Waals surface area contributed by atoms with Gasteiger partial charge in [-0.05, 0) is 18.2 Å². The minimum Gasteiger partial charge on any atom is -0.491 e. The molecule has 7 heteroatoms. The van der Waals surface area contributed by atoms with Crippen molar-refractivity contribution in [2.45, 2.75) is 0 Å². The first-order valence-electron chi connectivity index (χ1n) is 5.24. The Bertz CT molecular complexity index is 673. The van der Waals surface area contributed by atoms with Gasteiger partial charge in [0.1, 0.15) is 5.82 Å². The van der Waals surface area contributed by atoms with Crippen molar-refractivity contribution >= 4 is 11.6 Å². The molecule has 0 saturated heterocycles. The number of rotatable bonds is 3. The molecular formula is C12H10ClFN2O3. The van der Waals surface area contributed by atoms with Crippen molar-refractivity contribution < 1.29 is 13.9 Å². The number of methoxy groups -OCH3 is 2. The smallest absolute Gasteiger partial charge is 0.317 e. The highest BCUT2D eigenvalue weighted by Gasteiger charge is 2.14. The number of hydrogen-bond acceptors (Lipinski definition) is 4. The maximum atomic E-state index is 13.1. The molecule has 0 radical (unpaired) electrons. The topological polar surface area (TPSA) is 53.4 Å². The van der Waals surface area contributed by atoms with E-state index < -0.39 is 11.4 Å². The fourth-order valence-corrected chi connectivity index (χ4v) is 1.73. The summed E-state index contributed by atoms with van der Waals surface area (Å²) in [6, 6.07) is 3.85. The van der Waals surface area contributed by atoms with Gasteiger partial charge < -0.3 is 9.47 Å². The van der Waals surface area contributed by atoms with Crippen LogP contribution in [0.1, 0.15) is 0 Å². The van der Waals surface area contributed by atoms with E-state index in [0.29, 0.717) is 5.69 Å². The van der Waals surface area contributed by atoms with Gasteiger partial charge in [-0.3, -0.25) is 4.79 Å². The van der Waals surface area contributed by atoms with Crippen LogP contribution in [0.25, 0.3) is 5.69 Å². The van der Waals surface area contributed by atoms with Crippen LogP contribution in [0.4, 0.5) is 4.39 Å². The summed E-state index contributed by atoms with van der Waals surface area (Å²) in [5, 5.41) is 3.82. The summed E-state index contributed by atoms with van der Waals surface area (Å²) < 4.78 is 24.1. The second-order valence-corrected chi connectivity index (χ2v) is 3.97. The molecule has 1 heterocycles. The lowest BCUT2D eigenvalue weighted by Gasteiger charge is -2.10.